The van der Waals surface area contributed by atoms with Gasteiger partial charge in [-0.15, -0.1) is 0 Å². The third kappa shape index (κ3) is 47.2. The van der Waals surface area contributed by atoms with E-state index >= 15 is 0 Å². The number of hydrogen-bond acceptors (Lipinski definition) is 10. The fourth-order valence-electron chi connectivity index (χ4n) is 3.90. The highest BCUT2D eigenvalue weighted by molar-refractivity contribution is 8.77. The molecule has 0 saturated carbocycles. The second kappa shape index (κ2) is 46.1. The standard InChI is InChI=1S/2C17H34NO2PS2/c2*1-3-4-5-7-10-16-22-23-17-11-8-6-9-14-19-21(2)20-15-12-13-18/h2*3-12,14-17H2,1-2H3. The SMILES string of the molecule is CCCCCCCSSCCCCCCOP(C)OCCC#N.CCCCCCCSSCCCCCCOP(C)OCCC#N. The van der Waals surface area contributed by atoms with Gasteiger partial charge in [-0.2, -0.15) is 10.5 Å². The second-order valence-corrected chi connectivity index (χ2v) is 19.2. The van der Waals surface area contributed by atoms with Gasteiger partial charge in [0.1, 0.15) is 0 Å². The largest absolute Gasteiger partial charge is 0.334 e. The van der Waals surface area contributed by atoms with Crippen LogP contribution in [0, 0.1) is 22.7 Å². The van der Waals surface area contributed by atoms with Crippen molar-refractivity contribution in [2.24, 2.45) is 0 Å². The molecular weight excluding hydrogens is 691 g/mol. The van der Waals surface area contributed by atoms with E-state index in [9.17, 15) is 0 Å². The Morgan fingerprint density at radius 3 is 1.00 bits per heavy atom. The van der Waals surface area contributed by atoms with Crippen molar-refractivity contribution in [2.45, 2.75) is 142 Å². The van der Waals surface area contributed by atoms with E-state index in [1.54, 1.807) is 0 Å². The minimum Gasteiger partial charge on any atom is -0.334 e. The third-order valence-corrected chi connectivity index (χ3v) is 13.9. The first-order chi connectivity index (χ1) is 22.6. The highest BCUT2D eigenvalue weighted by Gasteiger charge is 2.03. The molecule has 0 aromatic carbocycles. The fraction of sp³-hybridized carbons (Fsp3) is 0.941. The Morgan fingerprint density at radius 1 is 0.413 bits per heavy atom. The molecule has 0 fully saturated rings. The first kappa shape index (κ1) is 49.2. The Labute approximate surface area is 304 Å². The van der Waals surface area contributed by atoms with E-state index in [0.717, 1.165) is 26.1 Å². The van der Waals surface area contributed by atoms with Crippen LogP contribution in [-0.2, 0) is 18.1 Å². The molecule has 0 aliphatic heterocycles. The normalized spacial score (nSPS) is 12.2. The summed E-state index contributed by atoms with van der Waals surface area (Å²) in [6, 6.07) is 4.14. The number of unbranched alkanes of at least 4 members (excludes halogenated alkanes) is 14. The predicted molar refractivity (Wildman–Crippen MR) is 214 cm³/mol. The van der Waals surface area contributed by atoms with Gasteiger partial charge in [0.05, 0.1) is 51.4 Å². The van der Waals surface area contributed by atoms with Crippen molar-refractivity contribution < 1.29 is 18.1 Å². The minimum atomic E-state index is -0.791. The highest BCUT2D eigenvalue weighted by Crippen LogP contribution is 2.34. The maximum Gasteiger partial charge on any atom is 0.167 e. The van der Waals surface area contributed by atoms with Crippen LogP contribution in [0.4, 0.5) is 0 Å². The van der Waals surface area contributed by atoms with Crippen LogP contribution >= 0.6 is 59.9 Å². The molecule has 0 aliphatic carbocycles. The van der Waals surface area contributed by atoms with Gasteiger partial charge in [-0.05, 0) is 38.5 Å². The summed E-state index contributed by atoms with van der Waals surface area (Å²) in [4.78, 5) is 0. The van der Waals surface area contributed by atoms with Crippen LogP contribution in [0.3, 0.4) is 0 Å². The van der Waals surface area contributed by atoms with Crippen LogP contribution in [0.5, 0.6) is 0 Å². The van der Waals surface area contributed by atoms with Crippen molar-refractivity contribution in [2.75, 3.05) is 62.8 Å². The number of rotatable bonds is 36. The lowest BCUT2D eigenvalue weighted by atomic mass is 10.2. The van der Waals surface area contributed by atoms with Gasteiger partial charge in [-0.3, -0.25) is 0 Å². The quantitative estimate of drug-likeness (QED) is 0.0350. The summed E-state index contributed by atoms with van der Waals surface area (Å²) < 4.78 is 22.0. The minimum absolute atomic E-state index is 0.449. The summed E-state index contributed by atoms with van der Waals surface area (Å²) in [5.74, 6) is 5.18. The van der Waals surface area contributed by atoms with Crippen LogP contribution in [0.2, 0.25) is 0 Å². The van der Waals surface area contributed by atoms with Crippen molar-refractivity contribution in [1.82, 2.24) is 0 Å². The van der Waals surface area contributed by atoms with E-state index in [2.05, 4.69) is 26.0 Å². The predicted octanol–water partition coefficient (Wildman–Crippen LogP) is 13.6. The van der Waals surface area contributed by atoms with Crippen molar-refractivity contribution >= 4 is 59.9 Å². The van der Waals surface area contributed by atoms with Gasteiger partial charge in [-0.25, -0.2) is 0 Å². The van der Waals surface area contributed by atoms with E-state index in [-0.39, 0.29) is 0 Å². The maximum atomic E-state index is 8.42. The van der Waals surface area contributed by atoms with Crippen LogP contribution in [0.15, 0.2) is 0 Å². The molecule has 6 nitrogen and oxygen atoms in total. The molecule has 272 valence electrons. The van der Waals surface area contributed by atoms with Gasteiger partial charge < -0.3 is 18.1 Å². The van der Waals surface area contributed by atoms with Crippen LogP contribution in [0.1, 0.15) is 142 Å². The summed E-state index contributed by atoms with van der Waals surface area (Å²) in [6.07, 6.45) is 24.7. The Hall–Kier alpha value is 1.08. The molecule has 0 radical (unpaired) electrons. The van der Waals surface area contributed by atoms with Crippen LogP contribution < -0.4 is 0 Å². The van der Waals surface area contributed by atoms with E-state index in [0.29, 0.717) is 26.1 Å². The molecule has 0 rings (SSSR count). The Bertz CT molecular complexity index is 610. The van der Waals surface area contributed by atoms with Crippen LogP contribution in [0.25, 0.3) is 0 Å². The zero-order valence-electron chi connectivity index (χ0n) is 29.9. The monoisotopic (exact) mass is 758 g/mol. The molecule has 0 N–H and O–H groups in total. The van der Waals surface area contributed by atoms with Crippen molar-refractivity contribution in [1.29, 1.82) is 10.5 Å². The first-order valence-electron chi connectivity index (χ1n) is 17.8. The summed E-state index contributed by atoms with van der Waals surface area (Å²) in [5, 5.41) is 16.8. The summed E-state index contributed by atoms with van der Waals surface area (Å²) >= 11 is 0. The van der Waals surface area contributed by atoms with Gasteiger partial charge in [0.2, 0.25) is 0 Å². The van der Waals surface area contributed by atoms with Crippen molar-refractivity contribution in [3.63, 3.8) is 0 Å². The van der Waals surface area contributed by atoms with Crippen molar-refractivity contribution in [3.8, 4) is 12.1 Å². The Kier molecular flexibility index (Phi) is 49.3. The average molecular weight is 759 g/mol. The molecule has 2 unspecified atom stereocenters. The number of nitriles is 2. The average Bonchev–Trinajstić information content (AvgIpc) is 3.05. The summed E-state index contributed by atoms with van der Waals surface area (Å²) in [5.41, 5.74) is 0. The van der Waals surface area contributed by atoms with Crippen molar-refractivity contribution in [3.05, 3.63) is 0 Å². The van der Waals surface area contributed by atoms with Gasteiger partial charge >= 0.3 is 0 Å². The number of hydrogen-bond donors (Lipinski definition) is 0. The molecule has 2 atom stereocenters. The zero-order chi connectivity index (χ0) is 34.0. The molecule has 12 heteroatoms. The fourth-order valence-corrected chi connectivity index (χ4v) is 10.1. The first-order valence-corrected chi connectivity index (χ1v) is 26.1. The van der Waals surface area contributed by atoms with E-state index < -0.39 is 16.8 Å². The number of nitrogens with zero attached hydrogens (tertiary/aromatic N) is 2. The molecule has 46 heavy (non-hydrogen) atoms. The van der Waals surface area contributed by atoms with E-state index in [1.807, 2.05) is 56.5 Å². The smallest absolute Gasteiger partial charge is 0.167 e. The van der Waals surface area contributed by atoms with Gasteiger partial charge in [-0.1, -0.05) is 134 Å². The third-order valence-electron chi connectivity index (χ3n) is 6.59. The lowest BCUT2D eigenvalue weighted by Crippen LogP contribution is -1.94. The van der Waals surface area contributed by atoms with Gasteiger partial charge in [0, 0.05) is 36.3 Å². The maximum absolute atomic E-state index is 8.42. The zero-order valence-corrected chi connectivity index (χ0v) is 34.9. The lowest BCUT2D eigenvalue weighted by Gasteiger charge is -2.11. The van der Waals surface area contributed by atoms with E-state index in [1.165, 1.54) is 126 Å². The highest BCUT2D eigenvalue weighted by atomic mass is 33.1. The summed E-state index contributed by atoms with van der Waals surface area (Å²) in [7, 11) is 6.59. The Balaban J connectivity index is 0. The molecule has 0 heterocycles. The topological polar surface area (TPSA) is 84.5 Å². The van der Waals surface area contributed by atoms with E-state index in [4.69, 9.17) is 28.6 Å². The van der Waals surface area contributed by atoms with Gasteiger partial charge in [0.15, 0.2) is 16.8 Å². The lowest BCUT2D eigenvalue weighted by molar-refractivity contribution is 0.251. The molecule has 0 saturated heterocycles. The van der Waals surface area contributed by atoms with Gasteiger partial charge in [0.25, 0.3) is 0 Å². The molecule has 0 amide bonds. The second-order valence-electron chi connectivity index (χ2n) is 11.0. The molecule has 0 aromatic rings. The summed E-state index contributed by atoms with van der Waals surface area (Å²) in [6.45, 7) is 11.0. The molecule has 0 aliphatic rings. The molecule has 0 bridgehead atoms. The molecule has 0 spiro atoms. The molecular formula is C34H68N2O4P2S4. The van der Waals surface area contributed by atoms with Crippen LogP contribution in [-0.4, -0.2) is 62.8 Å². The molecule has 0 aromatic heterocycles. The Morgan fingerprint density at radius 2 is 0.696 bits per heavy atom.